The molecule has 0 amide bonds. The van der Waals surface area contributed by atoms with Gasteiger partial charge in [-0.2, -0.15) is 0 Å². The summed E-state index contributed by atoms with van der Waals surface area (Å²) in [5, 5.41) is 18.4. The Morgan fingerprint density at radius 1 is 1.56 bits per heavy atom. The second kappa shape index (κ2) is 5.77. The topological polar surface area (TPSA) is 60.8 Å². The summed E-state index contributed by atoms with van der Waals surface area (Å²) in [6.07, 6.45) is 0. The van der Waals surface area contributed by atoms with Crippen molar-refractivity contribution in [3.05, 3.63) is 34.1 Å². The molecule has 0 bridgehead atoms. The lowest BCUT2D eigenvalue weighted by atomic mass is 10.1. The number of rotatable bonds is 5. The minimum atomic E-state index is -1.85. The number of aliphatic carboxylic acids is 1. The normalized spacial score (nSPS) is 14.6. The van der Waals surface area contributed by atoms with Crippen LogP contribution in [0.5, 0.6) is 0 Å². The number of carboxylic acids is 1. The van der Waals surface area contributed by atoms with E-state index in [1.54, 1.807) is 24.1 Å². The van der Waals surface area contributed by atoms with E-state index < -0.39 is 11.6 Å². The lowest BCUT2D eigenvalue weighted by Crippen LogP contribution is -2.45. The monoisotopic (exact) mass is 319 g/mol. The summed E-state index contributed by atoms with van der Waals surface area (Å²) in [7, 11) is 1.62. The minimum Gasteiger partial charge on any atom is -0.479 e. The highest BCUT2D eigenvalue weighted by Crippen LogP contribution is 2.17. The Balaban J connectivity index is 2.73. The van der Waals surface area contributed by atoms with Gasteiger partial charge in [-0.3, -0.25) is 4.90 Å². The molecule has 100 valence electrons. The molecule has 18 heavy (non-hydrogen) atoms. The predicted octanol–water partition coefficient (Wildman–Crippen LogP) is 1.86. The van der Waals surface area contributed by atoms with Gasteiger partial charge < -0.3 is 10.2 Å². The second-order valence-electron chi connectivity index (χ2n) is 4.49. The van der Waals surface area contributed by atoms with Crippen LogP contribution < -0.4 is 0 Å². The number of hydrogen-bond acceptors (Lipinski definition) is 3. The number of carbonyl (C=O) groups is 1. The van der Waals surface area contributed by atoms with Crippen LogP contribution in [-0.2, 0) is 11.3 Å². The van der Waals surface area contributed by atoms with Crippen molar-refractivity contribution >= 4 is 21.9 Å². The molecule has 0 saturated heterocycles. The molecule has 0 aliphatic carbocycles. The van der Waals surface area contributed by atoms with E-state index in [-0.39, 0.29) is 18.9 Å². The Hall–Kier alpha value is -0.980. The van der Waals surface area contributed by atoms with Crippen molar-refractivity contribution in [1.29, 1.82) is 0 Å². The molecule has 0 radical (unpaired) electrons. The van der Waals surface area contributed by atoms with Gasteiger partial charge in [-0.1, -0.05) is 15.9 Å². The second-order valence-corrected chi connectivity index (χ2v) is 5.40. The lowest BCUT2D eigenvalue weighted by molar-refractivity contribution is -0.158. The molecule has 1 aromatic carbocycles. The molecule has 0 aliphatic heterocycles. The lowest BCUT2D eigenvalue weighted by Gasteiger charge is -2.25. The van der Waals surface area contributed by atoms with Crippen molar-refractivity contribution in [2.75, 3.05) is 13.6 Å². The summed E-state index contributed by atoms with van der Waals surface area (Å²) in [6.45, 7) is 1.34. The maximum Gasteiger partial charge on any atom is 0.336 e. The Morgan fingerprint density at radius 2 is 2.17 bits per heavy atom. The van der Waals surface area contributed by atoms with Crippen LogP contribution >= 0.6 is 15.9 Å². The number of benzene rings is 1. The summed E-state index contributed by atoms with van der Waals surface area (Å²) in [6, 6.07) is 4.55. The van der Waals surface area contributed by atoms with Crippen molar-refractivity contribution in [3.8, 4) is 0 Å². The summed E-state index contributed by atoms with van der Waals surface area (Å²) in [5.74, 6) is -1.66. The van der Waals surface area contributed by atoms with Crippen LogP contribution in [-0.4, -0.2) is 40.3 Å². The molecule has 2 N–H and O–H groups in total. The van der Waals surface area contributed by atoms with Crippen molar-refractivity contribution in [2.45, 2.75) is 19.1 Å². The summed E-state index contributed by atoms with van der Waals surface area (Å²) in [5.41, 5.74) is -1.41. The fourth-order valence-electron chi connectivity index (χ4n) is 1.60. The van der Waals surface area contributed by atoms with Gasteiger partial charge in [-0.25, -0.2) is 9.18 Å². The van der Waals surface area contributed by atoms with Crippen LogP contribution in [0.25, 0.3) is 0 Å². The van der Waals surface area contributed by atoms with Gasteiger partial charge in [0.25, 0.3) is 0 Å². The Labute approximate surface area is 113 Å². The fourth-order valence-corrected chi connectivity index (χ4v) is 2.01. The Kier molecular flexibility index (Phi) is 4.84. The van der Waals surface area contributed by atoms with E-state index in [0.29, 0.717) is 5.56 Å². The first-order chi connectivity index (χ1) is 8.22. The number of aliphatic hydroxyl groups is 1. The maximum atomic E-state index is 13.5. The fraction of sp³-hybridized carbons (Fsp3) is 0.417. The molecule has 0 spiro atoms. The van der Waals surface area contributed by atoms with E-state index in [1.165, 1.54) is 13.0 Å². The van der Waals surface area contributed by atoms with Crippen molar-refractivity contribution in [3.63, 3.8) is 0 Å². The summed E-state index contributed by atoms with van der Waals surface area (Å²) < 4.78 is 14.2. The van der Waals surface area contributed by atoms with Crippen LogP contribution in [0.2, 0.25) is 0 Å². The van der Waals surface area contributed by atoms with Crippen LogP contribution in [0, 0.1) is 5.82 Å². The standard InChI is InChI=1S/C12H15BrFNO3/c1-12(18,11(16)17)7-15(2)6-8-5-9(13)3-4-10(8)14/h3-5,18H,6-7H2,1-2H3,(H,16,17). The molecular formula is C12H15BrFNO3. The van der Waals surface area contributed by atoms with E-state index in [4.69, 9.17) is 5.11 Å². The summed E-state index contributed by atoms with van der Waals surface area (Å²) in [4.78, 5) is 12.3. The van der Waals surface area contributed by atoms with Gasteiger partial charge in [-0.05, 0) is 32.2 Å². The third-order valence-corrected chi connectivity index (χ3v) is 2.98. The number of carboxylic acid groups (broad SMARTS) is 1. The molecule has 0 saturated carbocycles. The predicted molar refractivity (Wildman–Crippen MR) is 68.7 cm³/mol. The Bertz CT molecular complexity index is 451. The number of nitrogens with zero attached hydrogens (tertiary/aromatic N) is 1. The van der Waals surface area contributed by atoms with Crippen LogP contribution in [0.1, 0.15) is 12.5 Å². The first kappa shape index (κ1) is 15.1. The quantitative estimate of drug-likeness (QED) is 0.869. The highest BCUT2D eigenvalue weighted by atomic mass is 79.9. The molecule has 1 atom stereocenters. The van der Waals surface area contributed by atoms with Gasteiger partial charge in [0.1, 0.15) is 5.82 Å². The van der Waals surface area contributed by atoms with Gasteiger partial charge in [0.2, 0.25) is 0 Å². The third-order valence-electron chi connectivity index (χ3n) is 2.49. The van der Waals surface area contributed by atoms with E-state index in [1.807, 2.05) is 0 Å². The maximum absolute atomic E-state index is 13.5. The average Bonchev–Trinajstić information content (AvgIpc) is 2.22. The number of likely N-dealkylation sites (N-methyl/N-ethyl adjacent to an activating group) is 1. The minimum absolute atomic E-state index is 0.0890. The molecule has 0 aliphatic rings. The number of halogens is 2. The smallest absolute Gasteiger partial charge is 0.336 e. The zero-order valence-electron chi connectivity index (χ0n) is 10.2. The molecule has 6 heteroatoms. The van der Waals surface area contributed by atoms with E-state index >= 15 is 0 Å². The van der Waals surface area contributed by atoms with E-state index in [9.17, 15) is 14.3 Å². The van der Waals surface area contributed by atoms with Crippen molar-refractivity contribution < 1.29 is 19.4 Å². The van der Waals surface area contributed by atoms with Gasteiger partial charge in [0, 0.05) is 23.1 Å². The first-order valence-electron chi connectivity index (χ1n) is 5.30. The van der Waals surface area contributed by atoms with Gasteiger partial charge in [0.15, 0.2) is 5.60 Å². The molecular weight excluding hydrogens is 305 g/mol. The average molecular weight is 320 g/mol. The highest BCUT2D eigenvalue weighted by molar-refractivity contribution is 9.10. The van der Waals surface area contributed by atoms with Gasteiger partial charge >= 0.3 is 5.97 Å². The van der Waals surface area contributed by atoms with E-state index in [2.05, 4.69) is 15.9 Å². The largest absolute Gasteiger partial charge is 0.479 e. The van der Waals surface area contributed by atoms with Crippen molar-refractivity contribution in [2.24, 2.45) is 0 Å². The number of hydrogen-bond donors (Lipinski definition) is 2. The Morgan fingerprint density at radius 3 is 2.72 bits per heavy atom. The van der Waals surface area contributed by atoms with Crippen LogP contribution in [0.15, 0.2) is 22.7 Å². The van der Waals surface area contributed by atoms with Gasteiger partial charge in [0.05, 0.1) is 0 Å². The molecule has 0 aromatic heterocycles. The van der Waals surface area contributed by atoms with Crippen LogP contribution in [0.4, 0.5) is 4.39 Å². The third kappa shape index (κ3) is 4.04. The molecule has 4 nitrogen and oxygen atoms in total. The zero-order valence-corrected chi connectivity index (χ0v) is 11.7. The molecule has 1 rings (SSSR count). The van der Waals surface area contributed by atoms with Crippen molar-refractivity contribution in [1.82, 2.24) is 4.90 Å². The molecule has 0 heterocycles. The molecule has 1 aromatic rings. The molecule has 0 fully saturated rings. The van der Waals surface area contributed by atoms with Crippen LogP contribution in [0.3, 0.4) is 0 Å². The van der Waals surface area contributed by atoms with Gasteiger partial charge in [-0.15, -0.1) is 0 Å². The highest BCUT2D eigenvalue weighted by Gasteiger charge is 2.31. The molecule has 1 unspecified atom stereocenters. The SMILES string of the molecule is CN(Cc1cc(Br)ccc1F)CC(C)(O)C(=O)O. The zero-order chi connectivity index (χ0) is 13.9. The van der Waals surface area contributed by atoms with E-state index in [0.717, 1.165) is 4.47 Å². The summed E-state index contributed by atoms with van der Waals surface area (Å²) >= 11 is 3.24. The first-order valence-corrected chi connectivity index (χ1v) is 6.10.